The zero-order valence-electron chi connectivity index (χ0n) is 19.9. The highest BCUT2D eigenvalue weighted by atomic mass is 35.5. The monoisotopic (exact) mass is 469 g/mol. The predicted octanol–water partition coefficient (Wildman–Crippen LogP) is 5.55. The van der Waals surface area contributed by atoms with Crippen LogP contribution in [0, 0.1) is 13.8 Å². The molecule has 1 saturated heterocycles. The van der Waals surface area contributed by atoms with Gasteiger partial charge in [0.2, 0.25) is 5.95 Å². The Balaban J connectivity index is 1.61. The molecule has 3 aromatic rings. The maximum absolute atomic E-state index is 6.32. The molecule has 3 heterocycles. The Morgan fingerprint density at radius 1 is 1.15 bits per heavy atom. The van der Waals surface area contributed by atoms with Crippen LogP contribution in [0.2, 0.25) is 5.02 Å². The average molecular weight is 470 g/mol. The third-order valence-electron chi connectivity index (χ3n) is 5.83. The summed E-state index contributed by atoms with van der Waals surface area (Å²) in [5.74, 6) is 2.90. The van der Waals surface area contributed by atoms with E-state index in [-0.39, 0.29) is 6.10 Å². The summed E-state index contributed by atoms with van der Waals surface area (Å²) in [5, 5.41) is 14.0. The standard InChI is InChI=1S/C24H32ClN7O/c1-14(2)33-21-12-18(17-6-8-32(5)9-7-17)15(3)10-20(21)27-24-26-13-19(25)23(29-24)28-22-11-16(4)30-31-22/h10-14,17H,6-9H2,1-5H3,(H3,26,27,28,29,30,31). The van der Waals surface area contributed by atoms with Gasteiger partial charge in [-0.1, -0.05) is 11.6 Å². The lowest BCUT2D eigenvalue weighted by Crippen LogP contribution is -2.29. The van der Waals surface area contributed by atoms with E-state index in [1.165, 1.54) is 11.1 Å². The van der Waals surface area contributed by atoms with Crippen LogP contribution >= 0.6 is 11.6 Å². The number of H-pyrrole nitrogens is 1. The maximum atomic E-state index is 6.32. The summed E-state index contributed by atoms with van der Waals surface area (Å²) in [6, 6.07) is 6.20. The van der Waals surface area contributed by atoms with Gasteiger partial charge in [-0.25, -0.2) is 4.98 Å². The third-order valence-corrected chi connectivity index (χ3v) is 6.11. The van der Waals surface area contributed by atoms with Gasteiger partial charge in [-0.2, -0.15) is 10.1 Å². The van der Waals surface area contributed by atoms with Crippen molar-refractivity contribution >= 4 is 34.9 Å². The summed E-state index contributed by atoms with van der Waals surface area (Å²) in [6.07, 6.45) is 3.94. The SMILES string of the molecule is Cc1cc(Nc2nc(Nc3cc(C)c(C4CCN(C)CC4)cc3OC(C)C)ncc2Cl)n[nH]1. The highest BCUT2D eigenvalue weighted by Crippen LogP contribution is 2.38. The molecule has 4 rings (SSSR count). The molecule has 1 aromatic carbocycles. The minimum atomic E-state index is 0.0462. The topological polar surface area (TPSA) is 91.0 Å². The van der Waals surface area contributed by atoms with Gasteiger partial charge in [-0.05, 0) is 89.9 Å². The fraction of sp³-hybridized carbons (Fsp3) is 0.458. The normalized spacial score (nSPS) is 15.1. The molecule has 9 heteroatoms. The van der Waals surface area contributed by atoms with E-state index in [1.807, 2.05) is 26.8 Å². The largest absolute Gasteiger partial charge is 0.489 e. The fourth-order valence-electron chi connectivity index (χ4n) is 4.15. The van der Waals surface area contributed by atoms with Gasteiger partial charge < -0.3 is 20.3 Å². The van der Waals surface area contributed by atoms with Gasteiger partial charge in [0.05, 0.1) is 18.0 Å². The van der Waals surface area contributed by atoms with Crippen molar-refractivity contribution in [3.8, 4) is 5.75 Å². The van der Waals surface area contributed by atoms with Crippen LogP contribution < -0.4 is 15.4 Å². The number of rotatable bonds is 7. The van der Waals surface area contributed by atoms with E-state index in [9.17, 15) is 0 Å². The number of hydrogen-bond acceptors (Lipinski definition) is 7. The van der Waals surface area contributed by atoms with E-state index >= 15 is 0 Å². The maximum Gasteiger partial charge on any atom is 0.229 e. The van der Waals surface area contributed by atoms with Crippen LogP contribution in [-0.4, -0.2) is 51.3 Å². The molecule has 0 saturated carbocycles. The molecule has 1 aliphatic rings. The van der Waals surface area contributed by atoms with Crippen LogP contribution in [0.3, 0.4) is 0 Å². The van der Waals surface area contributed by atoms with E-state index in [0.29, 0.717) is 28.5 Å². The minimum absolute atomic E-state index is 0.0462. The minimum Gasteiger partial charge on any atom is -0.489 e. The first-order valence-electron chi connectivity index (χ1n) is 11.4. The van der Waals surface area contributed by atoms with Crippen molar-refractivity contribution in [1.29, 1.82) is 0 Å². The number of halogens is 1. The summed E-state index contributed by atoms with van der Waals surface area (Å²) < 4.78 is 6.19. The number of aryl methyl sites for hydroxylation is 2. The van der Waals surface area contributed by atoms with Crippen molar-refractivity contribution in [3.05, 3.63) is 46.2 Å². The van der Waals surface area contributed by atoms with Crippen molar-refractivity contribution in [2.24, 2.45) is 0 Å². The molecule has 0 atom stereocenters. The van der Waals surface area contributed by atoms with E-state index in [4.69, 9.17) is 16.3 Å². The first-order chi connectivity index (χ1) is 15.8. The Morgan fingerprint density at radius 2 is 1.91 bits per heavy atom. The molecule has 2 aromatic heterocycles. The van der Waals surface area contributed by atoms with Crippen molar-refractivity contribution in [3.63, 3.8) is 0 Å². The predicted molar refractivity (Wildman–Crippen MR) is 133 cm³/mol. The molecule has 0 spiro atoms. The first-order valence-corrected chi connectivity index (χ1v) is 11.7. The van der Waals surface area contributed by atoms with Crippen LogP contribution in [0.25, 0.3) is 0 Å². The van der Waals surface area contributed by atoms with Gasteiger partial charge in [0.15, 0.2) is 11.6 Å². The van der Waals surface area contributed by atoms with Gasteiger partial charge in [-0.3, -0.25) is 5.10 Å². The summed E-state index contributed by atoms with van der Waals surface area (Å²) in [6.45, 7) is 10.4. The number of anilines is 4. The molecular formula is C24H32ClN7O. The Bertz CT molecular complexity index is 1110. The Labute approximate surface area is 200 Å². The second kappa shape index (κ2) is 9.97. The number of likely N-dealkylation sites (tertiary alicyclic amines) is 1. The fourth-order valence-corrected chi connectivity index (χ4v) is 4.29. The van der Waals surface area contributed by atoms with E-state index in [0.717, 1.165) is 43.1 Å². The second-order valence-electron chi connectivity index (χ2n) is 9.03. The van der Waals surface area contributed by atoms with Crippen LogP contribution in [-0.2, 0) is 0 Å². The first kappa shape index (κ1) is 23.3. The molecule has 1 fully saturated rings. The van der Waals surface area contributed by atoms with Crippen LogP contribution in [0.1, 0.15) is 49.4 Å². The lowest BCUT2D eigenvalue weighted by molar-refractivity contribution is 0.241. The number of nitrogens with one attached hydrogen (secondary N) is 3. The van der Waals surface area contributed by atoms with Gasteiger partial charge in [-0.15, -0.1) is 0 Å². The van der Waals surface area contributed by atoms with Crippen LogP contribution in [0.4, 0.5) is 23.3 Å². The molecule has 0 amide bonds. The summed E-state index contributed by atoms with van der Waals surface area (Å²) in [5.41, 5.74) is 4.37. The highest BCUT2D eigenvalue weighted by molar-refractivity contribution is 6.32. The smallest absolute Gasteiger partial charge is 0.229 e. The summed E-state index contributed by atoms with van der Waals surface area (Å²) in [4.78, 5) is 11.3. The zero-order valence-corrected chi connectivity index (χ0v) is 20.6. The quantitative estimate of drug-likeness (QED) is 0.417. The molecule has 3 N–H and O–H groups in total. The van der Waals surface area contributed by atoms with Crippen molar-refractivity contribution in [2.75, 3.05) is 30.8 Å². The lowest BCUT2D eigenvalue weighted by atomic mass is 9.86. The molecule has 176 valence electrons. The number of piperidine rings is 1. The van der Waals surface area contributed by atoms with Crippen LogP contribution in [0.5, 0.6) is 5.75 Å². The molecule has 1 aliphatic heterocycles. The van der Waals surface area contributed by atoms with E-state index < -0.39 is 0 Å². The lowest BCUT2D eigenvalue weighted by Gasteiger charge is -2.30. The Morgan fingerprint density at radius 3 is 2.58 bits per heavy atom. The molecule has 33 heavy (non-hydrogen) atoms. The second-order valence-corrected chi connectivity index (χ2v) is 9.43. The van der Waals surface area contributed by atoms with Crippen molar-refractivity contribution in [2.45, 2.75) is 52.6 Å². The number of nitrogens with zero attached hydrogens (tertiary/aromatic N) is 4. The number of aromatic amines is 1. The Kier molecular flexibility index (Phi) is 7.05. The molecular weight excluding hydrogens is 438 g/mol. The number of aromatic nitrogens is 4. The molecule has 0 bridgehead atoms. The van der Waals surface area contributed by atoms with Gasteiger partial charge in [0.1, 0.15) is 10.8 Å². The number of benzene rings is 1. The van der Waals surface area contributed by atoms with Crippen molar-refractivity contribution in [1.82, 2.24) is 25.1 Å². The molecule has 8 nitrogen and oxygen atoms in total. The highest BCUT2D eigenvalue weighted by Gasteiger charge is 2.22. The summed E-state index contributed by atoms with van der Waals surface area (Å²) >= 11 is 6.32. The molecule has 0 unspecified atom stereocenters. The Hall–Kier alpha value is -2.84. The van der Waals surface area contributed by atoms with E-state index in [1.54, 1.807) is 6.20 Å². The van der Waals surface area contributed by atoms with Gasteiger partial charge in [0.25, 0.3) is 0 Å². The third kappa shape index (κ3) is 5.75. The van der Waals surface area contributed by atoms with E-state index in [2.05, 4.69) is 61.8 Å². The molecule has 0 radical (unpaired) electrons. The number of hydrogen-bond donors (Lipinski definition) is 3. The van der Waals surface area contributed by atoms with Gasteiger partial charge in [0, 0.05) is 11.8 Å². The zero-order chi connectivity index (χ0) is 23.5. The number of ether oxygens (including phenoxy) is 1. The summed E-state index contributed by atoms with van der Waals surface area (Å²) in [7, 11) is 2.19. The van der Waals surface area contributed by atoms with Gasteiger partial charge >= 0.3 is 0 Å². The molecule has 0 aliphatic carbocycles. The van der Waals surface area contributed by atoms with Crippen molar-refractivity contribution < 1.29 is 4.74 Å². The van der Waals surface area contributed by atoms with Crippen LogP contribution in [0.15, 0.2) is 24.4 Å². The average Bonchev–Trinajstić information content (AvgIpc) is 3.17.